The maximum atomic E-state index is 14.3. The van der Waals surface area contributed by atoms with Crippen LogP contribution < -0.4 is 5.32 Å². The van der Waals surface area contributed by atoms with Gasteiger partial charge < -0.3 is 10.2 Å². The van der Waals surface area contributed by atoms with E-state index in [9.17, 15) is 9.59 Å². The zero-order chi connectivity index (χ0) is 32.0. The Morgan fingerprint density at radius 1 is 0.913 bits per heavy atom. The predicted octanol–water partition coefficient (Wildman–Crippen LogP) is 5.43. The van der Waals surface area contributed by atoms with Gasteiger partial charge >= 0.3 is 0 Å². The van der Waals surface area contributed by atoms with Crippen molar-refractivity contribution in [2.45, 2.75) is 45.7 Å². The van der Waals surface area contributed by atoms with Crippen LogP contribution in [0.4, 0.5) is 0 Å². The number of nitrogens with one attached hydrogen (secondary N) is 1. The van der Waals surface area contributed by atoms with Crippen LogP contribution in [0.25, 0.3) is 17.3 Å². The first-order chi connectivity index (χ1) is 22.4. The van der Waals surface area contributed by atoms with Crippen LogP contribution in [0, 0.1) is 13.8 Å². The van der Waals surface area contributed by atoms with Gasteiger partial charge in [0.05, 0.1) is 17.6 Å². The van der Waals surface area contributed by atoms with Crippen molar-refractivity contribution in [3.8, 4) is 11.3 Å². The van der Waals surface area contributed by atoms with Crippen LogP contribution >= 0.6 is 0 Å². The van der Waals surface area contributed by atoms with Crippen LogP contribution in [-0.4, -0.2) is 49.0 Å². The number of benzene rings is 3. The minimum atomic E-state index is -0.723. The summed E-state index contributed by atoms with van der Waals surface area (Å²) >= 11 is 0. The lowest BCUT2D eigenvalue weighted by Crippen LogP contribution is -2.51. The summed E-state index contributed by atoms with van der Waals surface area (Å²) in [5.41, 5.74) is 9.37. The van der Waals surface area contributed by atoms with Crippen molar-refractivity contribution < 1.29 is 9.59 Å². The fourth-order valence-corrected chi connectivity index (χ4v) is 6.04. The van der Waals surface area contributed by atoms with Gasteiger partial charge in [-0.05, 0) is 48.6 Å². The average Bonchev–Trinajstić information content (AvgIpc) is 3.33. The summed E-state index contributed by atoms with van der Waals surface area (Å²) in [7, 11) is 1.90. The summed E-state index contributed by atoms with van der Waals surface area (Å²) in [4.78, 5) is 38.8. The monoisotopic (exact) mass is 610 g/mol. The summed E-state index contributed by atoms with van der Waals surface area (Å²) in [6.07, 6.45) is 8.54. The van der Waals surface area contributed by atoms with E-state index in [0.29, 0.717) is 31.5 Å². The molecule has 46 heavy (non-hydrogen) atoms. The van der Waals surface area contributed by atoms with Gasteiger partial charge in [0.15, 0.2) is 0 Å². The Morgan fingerprint density at radius 3 is 2.35 bits per heavy atom. The minimum Gasteiger partial charge on any atom is -0.340 e. The van der Waals surface area contributed by atoms with E-state index in [4.69, 9.17) is 0 Å². The molecule has 1 atom stereocenters. The lowest BCUT2D eigenvalue weighted by atomic mass is 9.97. The molecule has 2 aromatic heterocycles. The second-order valence-electron chi connectivity index (χ2n) is 11.8. The van der Waals surface area contributed by atoms with Gasteiger partial charge in [-0.3, -0.25) is 24.2 Å². The first-order valence-electron chi connectivity index (χ1n) is 15.6. The second-order valence-corrected chi connectivity index (χ2v) is 11.8. The molecule has 0 radical (unpaired) electrons. The normalized spacial score (nSPS) is 13.6. The number of fused-ring (bicyclic) bond motifs is 1. The number of hydrogen-bond donors (Lipinski definition) is 1. The van der Waals surface area contributed by atoms with Crippen LogP contribution in [-0.2, 0) is 42.4 Å². The third-order valence-corrected chi connectivity index (χ3v) is 8.71. The van der Waals surface area contributed by atoms with Gasteiger partial charge in [0.1, 0.15) is 6.04 Å². The molecular weight excluding hydrogens is 572 g/mol. The number of nitrogens with zero attached hydrogens (tertiary/aromatic N) is 5. The minimum absolute atomic E-state index is 0.0758. The Bertz CT molecular complexity index is 1860. The molecule has 0 spiro atoms. The number of aromatic nitrogens is 4. The highest BCUT2D eigenvalue weighted by molar-refractivity contribution is 6.01. The highest BCUT2D eigenvalue weighted by Crippen LogP contribution is 2.23. The van der Waals surface area contributed by atoms with Gasteiger partial charge in [-0.25, -0.2) is 0 Å². The third-order valence-electron chi connectivity index (χ3n) is 8.71. The van der Waals surface area contributed by atoms with Gasteiger partial charge in [-0.15, -0.1) is 0 Å². The van der Waals surface area contributed by atoms with Crippen LogP contribution in [0.5, 0.6) is 0 Å². The summed E-state index contributed by atoms with van der Waals surface area (Å²) in [5.74, 6) is -0.347. The topological polar surface area (TPSA) is 93.0 Å². The Morgan fingerprint density at radius 2 is 1.65 bits per heavy atom. The fraction of sp³-hybridized carbons (Fsp3) is 0.237. The molecule has 232 valence electrons. The fourth-order valence-electron chi connectivity index (χ4n) is 6.04. The molecule has 0 saturated carbocycles. The van der Waals surface area contributed by atoms with E-state index in [1.165, 1.54) is 5.56 Å². The predicted molar refractivity (Wildman–Crippen MR) is 179 cm³/mol. The number of aryl methyl sites for hydroxylation is 2. The Balaban J connectivity index is 1.30. The molecule has 8 heteroatoms. The van der Waals surface area contributed by atoms with Crippen LogP contribution in [0.15, 0.2) is 103 Å². The molecule has 0 fully saturated rings. The van der Waals surface area contributed by atoms with Crippen molar-refractivity contribution in [1.82, 2.24) is 30.0 Å². The smallest absolute Gasteiger partial charge is 0.248 e. The van der Waals surface area contributed by atoms with Crippen LogP contribution in [0.1, 0.15) is 39.2 Å². The van der Waals surface area contributed by atoms with Crippen LogP contribution in [0.3, 0.4) is 0 Å². The largest absolute Gasteiger partial charge is 0.340 e. The second kappa shape index (κ2) is 13.7. The molecule has 1 aliphatic rings. The average molecular weight is 611 g/mol. The summed E-state index contributed by atoms with van der Waals surface area (Å²) in [6, 6.07) is 25.4. The standard InChI is InChI=1S/C38H38N6O2/c1-26-34(27(2)43(3)42-26)23-33(21-29-13-15-31(16-14-29)36-24-39-18-19-40-36)37(45)41-35(22-28-9-5-4-6-10-28)38(46)44-20-17-30-11-7-8-12-32(30)25-44/h4-16,18-19,23-24,35H,17,20-22,25H2,1-3H3,(H,41,45). The zero-order valence-electron chi connectivity index (χ0n) is 26.5. The molecule has 1 unspecified atom stereocenters. The van der Waals surface area contributed by atoms with Gasteiger partial charge in [-0.1, -0.05) is 78.9 Å². The summed E-state index contributed by atoms with van der Waals surface area (Å²) in [5, 5.41) is 7.73. The number of rotatable bonds is 9. The molecule has 0 aliphatic carbocycles. The summed E-state index contributed by atoms with van der Waals surface area (Å²) < 4.78 is 1.82. The molecule has 1 N–H and O–H groups in total. The molecule has 0 saturated heterocycles. The maximum Gasteiger partial charge on any atom is 0.248 e. The van der Waals surface area contributed by atoms with Gasteiger partial charge in [0.2, 0.25) is 11.8 Å². The van der Waals surface area contributed by atoms with Crippen molar-refractivity contribution in [1.29, 1.82) is 0 Å². The van der Waals surface area contributed by atoms with E-state index in [2.05, 4.69) is 32.5 Å². The van der Waals surface area contributed by atoms with Crippen molar-refractivity contribution in [3.63, 3.8) is 0 Å². The number of amides is 2. The van der Waals surface area contributed by atoms with Crippen LogP contribution in [0.2, 0.25) is 0 Å². The first kappa shape index (κ1) is 30.6. The van der Waals surface area contributed by atoms with Gasteiger partial charge in [-0.2, -0.15) is 5.10 Å². The molecular formula is C38H38N6O2. The van der Waals surface area contributed by atoms with E-state index < -0.39 is 6.04 Å². The van der Waals surface area contributed by atoms with Crippen molar-refractivity contribution in [2.75, 3.05) is 6.54 Å². The summed E-state index contributed by atoms with van der Waals surface area (Å²) in [6.45, 7) is 5.09. The molecule has 6 rings (SSSR count). The Kier molecular flexibility index (Phi) is 9.15. The van der Waals surface area contributed by atoms with E-state index in [1.807, 2.05) is 103 Å². The van der Waals surface area contributed by atoms with Gasteiger partial charge in [0, 0.05) is 67.8 Å². The SMILES string of the molecule is Cc1nn(C)c(C)c1C=C(Cc1ccc(-c2cnccn2)cc1)C(=O)NC(Cc1ccccc1)C(=O)N1CCc2ccccc2C1. The molecule has 3 heterocycles. The van der Waals surface area contributed by atoms with E-state index in [-0.39, 0.29) is 11.8 Å². The van der Waals surface area contributed by atoms with Crippen molar-refractivity contribution in [3.05, 3.63) is 142 Å². The Labute approximate surface area is 269 Å². The van der Waals surface area contributed by atoms with E-state index in [0.717, 1.165) is 51.3 Å². The molecule has 1 aliphatic heterocycles. The molecule has 3 aromatic carbocycles. The quantitative estimate of drug-likeness (QED) is 0.225. The maximum absolute atomic E-state index is 14.3. The van der Waals surface area contributed by atoms with Crippen molar-refractivity contribution >= 4 is 17.9 Å². The van der Waals surface area contributed by atoms with E-state index >= 15 is 0 Å². The molecule has 2 amide bonds. The first-order valence-corrected chi connectivity index (χ1v) is 15.6. The zero-order valence-corrected chi connectivity index (χ0v) is 26.5. The molecule has 5 aromatic rings. The third kappa shape index (κ3) is 6.96. The highest BCUT2D eigenvalue weighted by atomic mass is 16.2. The lowest BCUT2D eigenvalue weighted by Gasteiger charge is -2.32. The highest BCUT2D eigenvalue weighted by Gasteiger charge is 2.30. The number of hydrogen-bond acceptors (Lipinski definition) is 5. The Hall–Kier alpha value is -5.37. The number of carbonyl (C=O) groups is 2. The molecule has 0 bridgehead atoms. The number of carbonyl (C=O) groups excluding carboxylic acids is 2. The van der Waals surface area contributed by atoms with Crippen molar-refractivity contribution in [2.24, 2.45) is 7.05 Å². The molecule has 8 nitrogen and oxygen atoms in total. The van der Waals surface area contributed by atoms with Gasteiger partial charge in [0.25, 0.3) is 0 Å². The van der Waals surface area contributed by atoms with E-state index in [1.54, 1.807) is 18.6 Å². The lowest BCUT2D eigenvalue weighted by molar-refractivity contribution is -0.136.